The molecule has 49 heavy (non-hydrogen) atoms. The number of carboxylic acids is 1. The first-order valence-corrected chi connectivity index (χ1v) is 15.4. The summed E-state index contributed by atoms with van der Waals surface area (Å²) in [5.41, 5.74) is 9.41. The molecule has 256 valence electrons. The van der Waals surface area contributed by atoms with Crippen molar-refractivity contribution in [1.29, 1.82) is 0 Å². The minimum absolute atomic E-state index is 0. The molecule has 1 saturated heterocycles. The Balaban J connectivity index is 0.00000541. The number of aliphatic carboxylic acids is 1. The number of aliphatic hydroxyl groups is 3. The summed E-state index contributed by atoms with van der Waals surface area (Å²) in [6.45, 7) is 0.967. The Hall–Kier alpha value is -3.87. The van der Waals surface area contributed by atoms with Crippen LogP contribution in [0.1, 0.15) is 41.4 Å². The zero-order chi connectivity index (χ0) is 34.4. The van der Waals surface area contributed by atoms with E-state index in [0.717, 1.165) is 23.4 Å². The number of anilines is 1. The second kappa shape index (κ2) is 16.7. The maximum atomic E-state index is 12.4. The Morgan fingerprint density at radius 1 is 1.22 bits per heavy atom. The third-order valence-corrected chi connectivity index (χ3v) is 8.11. The Morgan fingerprint density at radius 2 is 1.98 bits per heavy atom. The number of benzene rings is 2. The van der Waals surface area contributed by atoms with E-state index in [1.165, 1.54) is 0 Å². The minimum Gasteiger partial charge on any atom is -0.544 e. The van der Waals surface area contributed by atoms with Gasteiger partial charge in [0.1, 0.15) is 18.2 Å². The van der Waals surface area contributed by atoms with Crippen LogP contribution >= 0.6 is 0 Å². The summed E-state index contributed by atoms with van der Waals surface area (Å²) in [7, 11) is 0. The third kappa shape index (κ3) is 9.23. The van der Waals surface area contributed by atoms with Crippen LogP contribution in [0.5, 0.6) is 0 Å². The number of nitrogens with zero attached hydrogens (tertiary/aromatic N) is 3. The number of hydrogen-bond acceptors (Lipinski definition) is 12. The molecular weight excluding hydrogens is 649 g/mol. The summed E-state index contributed by atoms with van der Waals surface area (Å²) < 4.78 is 13.0. The average molecular weight is 688 g/mol. The van der Waals surface area contributed by atoms with Crippen LogP contribution < -0.4 is 51.0 Å². The molecule has 2 aromatic heterocycles. The molecule has 0 saturated carbocycles. The molecule has 17 heteroatoms. The molecule has 5 rings (SSSR count). The average Bonchev–Trinajstić information content (AvgIpc) is 3.69. The Morgan fingerprint density at radius 3 is 2.69 bits per heavy atom. The van der Waals surface area contributed by atoms with Gasteiger partial charge in [0.2, 0.25) is 11.7 Å². The number of H-pyrrole nitrogens is 1. The van der Waals surface area contributed by atoms with Crippen molar-refractivity contribution in [3.8, 4) is 0 Å². The quantitative estimate of drug-likeness (QED) is 0.0377. The number of nitrogen functional groups attached to an aromatic ring is 1. The summed E-state index contributed by atoms with van der Waals surface area (Å²) in [6, 6.07) is 12.4. The van der Waals surface area contributed by atoms with Gasteiger partial charge in [0.05, 0.1) is 37.1 Å². The van der Waals surface area contributed by atoms with Crippen molar-refractivity contribution in [1.82, 2.24) is 30.6 Å². The van der Waals surface area contributed by atoms with Crippen molar-refractivity contribution < 1.29 is 73.8 Å². The van der Waals surface area contributed by atoms with E-state index >= 15 is 0 Å². The number of aliphatic hydroxyl groups excluding tert-OH is 3. The van der Waals surface area contributed by atoms with Gasteiger partial charge in [0, 0.05) is 54.4 Å². The number of carbonyl (C=O) groups is 3. The van der Waals surface area contributed by atoms with Gasteiger partial charge >= 0.3 is 29.6 Å². The molecule has 2 amide bonds. The van der Waals surface area contributed by atoms with Crippen molar-refractivity contribution in [3.63, 3.8) is 0 Å². The van der Waals surface area contributed by atoms with E-state index < -0.39 is 67.0 Å². The largest absolute Gasteiger partial charge is 1.00 e. The van der Waals surface area contributed by atoms with Crippen molar-refractivity contribution in [2.45, 2.75) is 69.0 Å². The number of amides is 2. The van der Waals surface area contributed by atoms with Crippen LogP contribution in [-0.2, 0) is 32.0 Å². The van der Waals surface area contributed by atoms with Crippen molar-refractivity contribution >= 4 is 34.4 Å². The van der Waals surface area contributed by atoms with Crippen molar-refractivity contribution in [3.05, 3.63) is 77.7 Å². The molecule has 2 aromatic carbocycles. The standard InChI is InChI=1S/C32H39N7O9.Na/c1-18(40)36-27-25(41)13-32(31(45)46,48-29(27)28(43)26(42)15-35-30(44)19-6-3-2-4-7-19)47-11-5-8-22-17-39(38-37-22)16-20-14-34-24-10-9-21(33)12-23(20)24;/h2-4,6-7,9-10,12,14,17,25-29,34,41-43H,5,8,11,13,15-16,33H2,1H3,(H,35,44)(H,36,40)(H,45,46);/q;+1/p-1/t25-,26+,27+,28+,29?,32+;/m0./s1. The van der Waals surface area contributed by atoms with Gasteiger partial charge in [-0.3, -0.25) is 9.59 Å². The predicted octanol–water partition coefficient (Wildman–Crippen LogP) is -4.40. The second-order valence-corrected chi connectivity index (χ2v) is 11.7. The normalized spacial score (nSPS) is 21.8. The van der Waals surface area contributed by atoms with E-state index in [1.54, 1.807) is 41.2 Å². The van der Waals surface area contributed by atoms with Crippen LogP contribution in [0.2, 0.25) is 0 Å². The monoisotopic (exact) mass is 687 g/mol. The van der Waals surface area contributed by atoms with E-state index in [1.807, 2.05) is 24.4 Å². The maximum absolute atomic E-state index is 12.4. The number of fused-ring (bicyclic) bond motifs is 1. The maximum Gasteiger partial charge on any atom is 1.00 e. The number of aryl methyl sites for hydroxylation is 1. The molecule has 1 fully saturated rings. The van der Waals surface area contributed by atoms with Gasteiger partial charge < -0.3 is 56.0 Å². The number of nitrogens with one attached hydrogen (secondary N) is 3. The molecule has 1 unspecified atom stereocenters. The van der Waals surface area contributed by atoms with Crippen LogP contribution in [-0.4, -0.2) is 102 Å². The Bertz CT molecular complexity index is 1740. The second-order valence-electron chi connectivity index (χ2n) is 11.7. The van der Waals surface area contributed by atoms with Crippen LogP contribution in [0.4, 0.5) is 5.69 Å². The van der Waals surface area contributed by atoms with Crippen LogP contribution in [0, 0.1) is 0 Å². The molecule has 4 aromatic rings. The van der Waals surface area contributed by atoms with E-state index in [0.29, 0.717) is 29.9 Å². The van der Waals surface area contributed by atoms with Gasteiger partial charge in [-0.15, -0.1) is 5.10 Å². The molecule has 3 heterocycles. The predicted molar refractivity (Wildman–Crippen MR) is 168 cm³/mol. The fourth-order valence-corrected chi connectivity index (χ4v) is 5.69. The first-order chi connectivity index (χ1) is 23.0. The molecule has 0 spiro atoms. The molecule has 0 bridgehead atoms. The topological polar surface area (TPSA) is 250 Å². The van der Waals surface area contributed by atoms with Crippen LogP contribution in [0.3, 0.4) is 0 Å². The number of hydrogen-bond donors (Lipinski definition) is 7. The fourth-order valence-electron chi connectivity index (χ4n) is 5.69. The number of rotatable bonds is 14. The van der Waals surface area contributed by atoms with Gasteiger partial charge in [-0.25, -0.2) is 4.68 Å². The number of carboxylic acid groups (broad SMARTS) is 1. The van der Waals surface area contributed by atoms with Gasteiger partial charge in [-0.05, 0) is 48.7 Å². The van der Waals surface area contributed by atoms with E-state index in [-0.39, 0.29) is 42.6 Å². The Labute approximate surface area is 303 Å². The summed E-state index contributed by atoms with van der Waals surface area (Å²) in [5, 5.41) is 59.3. The number of ether oxygens (including phenoxy) is 2. The number of aromatic nitrogens is 4. The summed E-state index contributed by atoms with van der Waals surface area (Å²) in [4.78, 5) is 39.9. The molecule has 1 aliphatic rings. The van der Waals surface area contributed by atoms with Crippen LogP contribution in [0.15, 0.2) is 60.9 Å². The summed E-state index contributed by atoms with van der Waals surface area (Å²) >= 11 is 0. The van der Waals surface area contributed by atoms with Gasteiger partial charge in [0.15, 0.2) is 0 Å². The third-order valence-electron chi connectivity index (χ3n) is 8.11. The molecule has 0 aliphatic carbocycles. The summed E-state index contributed by atoms with van der Waals surface area (Å²) in [6.07, 6.45) is -3.20. The van der Waals surface area contributed by atoms with Gasteiger partial charge in [0.25, 0.3) is 5.91 Å². The molecule has 16 nitrogen and oxygen atoms in total. The van der Waals surface area contributed by atoms with Crippen molar-refractivity contribution in [2.75, 3.05) is 18.9 Å². The SMILES string of the molecule is CC(=O)N[C@H]1C([C@H](O)[C@H](O)CNC(=O)c2ccccc2)O[C@@](OCCCc2cn(Cc3c[nH]c4ccc(N)cc34)nn2)(C(=O)[O-])C[C@@H]1O.[Na+]. The zero-order valence-corrected chi connectivity index (χ0v) is 29.1. The molecule has 8 N–H and O–H groups in total. The number of aromatic amines is 1. The van der Waals surface area contributed by atoms with Gasteiger partial charge in [-0.2, -0.15) is 0 Å². The fraction of sp³-hybridized carbons (Fsp3) is 0.406. The van der Waals surface area contributed by atoms with E-state index in [2.05, 4.69) is 25.9 Å². The minimum atomic E-state index is -2.53. The van der Waals surface area contributed by atoms with Gasteiger partial charge in [-0.1, -0.05) is 23.4 Å². The summed E-state index contributed by atoms with van der Waals surface area (Å²) in [5.74, 6) is -5.48. The molecular formula is C32H38N7NaO9. The number of carbonyl (C=O) groups excluding carboxylic acids is 3. The smallest absolute Gasteiger partial charge is 0.544 e. The van der Waals surface area contributed by atoms with E-state index in [4.69, 9.17) is 15.2 Å². The zero-order valence-electron chi connectivity index (χ0n) is 27.1. The number of nitrogens with two attached hydrogens (primary N) is 1. The van der Waals surface area contributed by atoms with Crippen LogP contribution in [0.25, 0.3) is 10.9 Å². The Kier molecular flexibility index (Phi) is 12.9. The molecule has 1 aliphatic heterocycles. The first kappa shape index (κ1) is 37.9. The molecule has 6 atom stereocenters. The van der Waals surface area contributed by atoms with Crippen molar-refractivity contribution in [2.24, 2.45) is 0 Å². The van der Waals surface area contributed by atoms with E-state index in [9.17, 15) is 34.8 Å². The first-order valence-electron chi connectivity index (χ1n) is 15.4. The molecule has 0 radical (unpaired) electrons.